The van der Waals surface area contributed by atoms with E-state index in [2.05, 4.69) is 0 Å². The third kappa shape index (κ3) is 1.78. The van der Waals surface area contributed by atoms with Gasteiger partial charge < -0.3 is 0 Å². The van der Waals surface area contributed by atoms with Crippen molar-refractivity contribution in [3.8, 4) is 6.07 Å². The molecule has 0 bridgehead atoms. The zero-order valence-corrected chi connectivity index (χ0v) is 10.1. The Morgan fingerprint density at radius 2 is 2.00 bits per heavy atom. The van der Waals surface area contributed by atoms with Gasteiger partial charge in [0.15, 0.2) is 0 Å². The maximum atomic E-state index is 12.2. The van der Waals surface area contributed by atoms with Gasteiger partial charge in [0.2, 0.25) is 0 Å². The molecule has 94 valence electrons. The molecule has 0 unspecified atom stereocenters. The predicted molar refractivity (Wildman–Crippen MR) is 65.3 cm³/mol. The van der Waals surface area contributed by atoms with Gasteiger partial charge in [-0.1, -0.05) is 6.42 Å². The summed E-state index contributed by atoms with van der Waals surface area (Å²) in [6.45, 7) is 0.472. The molecule has 5 nitrogen and oxygen atoms in total. The minimum atomic E-state index is -0.425. The van der Waals surface area contributed by atoms with Crippen molar-refractivity contribution in [2.45, 2.75) is 44.7 Å². The fourth-order valence-electron chi connectivity index (χ4n) is 2.41. The number of aromatic nitrogens is 2. The van der Waals surface area contributed by atoms with E-state index in [4.69, 9.17) is 5.26 Å². The van der Waals surface area contributed by atoms with Crippen LogP contribution in [0.25, 0.3) is 0 Å². The lowest BCUT2D eigenvalue weighted by Gasteiger charge is -2.25. The van der Waals surface area contributed by atoms with E-state index in [1.165, 1.54) is 17.2 Å². The molecule has 0 saturated heterocycles. The highest BCUT2D eigenvalue weighted by Crippen LogP contribution is 2.33. The monoisotopic (exact) mass is 245 g/mol. The Kier molecular flexibility index (Phi) is 2.58. The van der Waals surface area contributed by atoms with E-state index in [9.17, 15) is 9.59 Å². The third-order valence-electron chi connectivity index (χ3n) is 3.92. The minimum Gasteiger partial charge on any atom is -0.296 e. The quantitative estimate of drug-likeness (QED) is 0.798. The van der Waals surface area contributed by atoms with Crippen LogP contribution in [0.1, 0.15) is 43.7 Å². The minimum absolute atomic E-state index is 0.0841. The summed E-state index contributed by atoms with van der Waals surface area (Å²) in [5.41, 5.74) is -0.583. The fraction of sp³-hybridized carbons (Fsp3) is 0.615. The lowest BCUT2D eigenvalue weighted by Crippen LogP contribution is -2.42. The molecule has 0 aliphatic heterocycles. The molecule has 0 radical (unpaired) electrons. The van der Waals surface area contributed by atoms with Crippen molar-refractivity contribution in [3.63, 3.8) is 0 Å². The Morgan fingerprint density at radius 3 is 2.50 bits per heavy atom. The van der Waals surface area contributed by atoms with Crippen LogP contribution in [-0.4, -0.2) is 9.13 Å². The van der Waals surface area contributed by atoms with E-state index in [-0.39, 0.29) is 17.3 Å². The Morgan fingerprint density at radius 1 is 1.28 bits per heavy atom. The number of nitriles is 1. The van der Waals surface area contributed by atoms with Crippen LogP contribution in [0.5, 0.6) is 0 Å². The van der Waals surface area contributed by atoms with Gasteiger partial charge in [0.1, 0.15) is 11.6 Å². The molecule has 2 aliphatic carbocycles. The molecule has 2 aliphatic rings. The topological polar surface area (TPSA) is 67.8 Å². The molecule has 1 aromatic heterocycles. The lowest BCUT2D eigenvalue weighted by molar-refractivity contribution is 0.267. The zero-order chi connectivity index (χ0) is 12.7. The van der Waals surface area contributed by atoms with Crippen LogP contribution in [0.15, 0.2) is 15.8 Å². The maximum absolute atomic E-state index is 12.2. The molecule has 2 fully saturated rings. The van der Waals surface area contributed by atoms with Gasteiger partial charge in [-0.05, 0) is 31.6 Å². The molecule has 1 aromatic rings. The van der Waals surface area contributed by atoms with Gasteiger partial charge in [-0.2, -0.15) is 5.26 Å². The zero-order valence-electron chi connectivity index (χ0n) is 10.1. The standard InChI is InChI=1S/C13H15N3O2/c14-6-10-8-15(11-4-5-11)13(18)16(12(10)17)7-9-2-1-3-9/h8-9,11H,1-5,7H2. The van der Waals surface area contributed by atoms with Crippen LogP contribution >= 0.6 is 0 Å². The molecule has 0 N–H and O–H groups in total. The van der Waals surface area contributed by atoms with Gasteiger partial charge in [-0.3, -0.25) is 13.9 Å². The van der Waals surface area contributed by atoms with Gasteiger partial charge >= 0.3 is 5.69 Å². The molecule has 5 heteroatoms. The van der Waals surface area contributed by atoms with E-state index in [0.29, 0.717) is 12.5 Å². The first-order valence-electron chi connectivity index (χ1n) is 6.47. The van der Waals surface area contributed by atoms with Crippen molar-refractivity contribution < 1.29 is 0 Å². The van der Waals surface area contributed by atoms with E-state index in [0.717, 1.165) is 25.7 Å². The summed E-state index contributed by atoms with van der Waals surface area (Å²) in [5, 5.41) is 8.99. The number of hydrogen-bond acceptors (Lipinski definition) is 3. The average Bonchev–Trinajstić information content (AvgIpc) is 3.11. The van der Waals surface area contributed by atoms with E-state index < -0.39 is 5.56 Å². The summed E-state index contributed by atoms with van der Waals surface area (Å²) in [6.07, 6.45) is 6.69. The van der Waals surface area contributed by atoms with Crippen molar-refractivity contribution in [3.05, 3.63) is 32.6 Å². The van der Waals surface area contributed by atoms with E-state index in [1.54, 1.807) is 4.57 Å². The lowest BCUT2D eigenvalue weighted by atomic mass is 9.85. The summed E-state index contributed by atoms with van der Waals surface area (Å²) in [6, 6.07) is 2.09. The molecular formula is C13H15N3O2. The molecule has 18 heavy (non-hydrogen) atoms. The highest BCUT2D eigenvalue weighted by atomic mass is 16.2. The molecular weight excluding hydrogens is 230 g/mol. The second-order valence-corrected chi connectivity index (χ2v) is 5.29. The normalized spacial score (nSPS) is 19.3. The molecule has 3 rings (SSSR count). The summed E-state index contributed by atoms with van der Waals surface area (Å²) in [7, 11) is 0. The molecule has 2 saturated carbocycles. The largest absolute Gasteiger partial charge is 0.331 e. The van der Waals surface area contributed by atoms with E-state index >= 15 is 0 Å². The number of nitrogens with zero attached hydrogens (tertiary/aromatic N) is 3. The van der Waals surface area contributed by atoms with Crippen molar-refractivity contribution in [1.29, 1.82) is 5.26 Å². The van der Waals surface area contributed by atoms with Crippen LogP contribution in [0.2, 0.25) is 0 Å². The second-order valence-electron chi connectivity index (χ2n) is 5.29. The molecule has 0 spiro atoms. The summed E-state index contributed by atoms with van der Waals surface area (Å²) < 4.78 is 2.83. The average molecular weight is 245 g/mol. The van der Waals surface area contributed by atoms with Crippen LogP contribution in [0.3, 0.4) is 0 Å². The fourth-order valence-corrected chi connectivity index (χ4v) is 2.41. The van der Waals surface area contributed by atoms with Crippen LogP contribution < -0.4 is 11.2 Å². The van der Waals surface area contributed by atoms with Crippen molar-refractivity contribution in [2.24, 2.45) is 5.92 Å². The summed E-state index contributed by atoms with van der Waals surface area (Å²) in [5.74, 6) is 0.428. The molecule has 1 heterocycles. The molecule has 0 aromatic carbocycles. The van der Waals surface area contributed by atoms with Crippen LogP contribution in [0, 0.1) is 17.2 Å². The van der Waals surface area contributed by atoms with Gasteiger partial charge in [0.05, 0.1) is 0 Å². The Hall–Kier alpha value is -1.83. The number of rotatable bonds is 3. The maximum Gasteiger partial charge on any atom is 0.331 e. The van der Waals surface area contributed by atoms with E-state index in [1.807, 2.05) is 6.07 Å². The van der Waals surface area contributed by atoms with Crippen molar-refractivity contribution in [2.75, 3.05) is 0 Å². The summed E-state index contributed by atoms with van der Waals surface area (Å²) in [4.78, 5) is 24.3. The smallest absolute Gasteiger partial charge is 0.296 e. The predicted octanol–water partition coefficient (Wildman–Crippen LogP) is 1.02. The Labute approximate surface area is 104 Å². The number of hydrogen-bond donors (Lipinski definition) is 0. The van der Waals surface area contributed by atoms with Crippen LogP contribution in [0.4, 0.5) is 0 Å². The SMILES string of the molecule is N#Cc1cn(C2CC2)c(=O)n(CC2CCC2)c1=O. The first-order chi connectivity index (χ1) is 8.70. The van der Waals surface area contributed by atoms with Crippen LogP contribution in [-0.2, 0) is 6.54 Å². The summed E-state index contributed by atoms with van der Waals surface area (Å²) >= 11 is 0. The molecule has 0 atom stereocenters. The first kappa shape index (κ1) is 11.3. The van der Waals surface area contributed by atoms with Gasteiger partial charge in [-0.15, -0.1) is 0 Å². The van der Waals surface area contributed by atoms with Gasteiger partial charge in [0.25, 0.3) is 5.56 Å². The van der Waals surface area contributed by atoms with Crippen molar-refractivity contribution >= 4 is 0 Å². The van der Waals surface area contributed by atoms with Gasteiger partial charge in [0, 0.05) is 18.8 Å². The highest BCUT2D eigenvalue weighted by molar-refractivity contribution is 5.23. The van der Waals surface area contributed by atoms with Gasteiger partial charge in [-0.25, -0.2) is 4.79 Å². The first-order valence-corrected chi connectivity index (χ1v) is 6.47. The second kappa shape index (κ2) is 4.13. The molecule has 0 amide bonds. The van der Waals surface area contributed by atoms with Crippen molar-refractivity contribution in [1.82, 2.24) is 9.13 Å². The Bertz CT molecular complexity index is 627. The third-order valence-corrected chi connectivity index (χ3v) is 3.92. The highest BCUT2D eigenvalue weighted by Gasteiger charge is 2.28. The Balaban J connectivity index is 2.09.